The van der Waals surface area contributed by atoms with Crippen molar-refractivity contribution in [1.29, 1.82) is 0 Å². The van der Waals surface area contributed by atoms with Crippen molar-refractivity contribution in [1.82, 2.24) is 0 Å². The van der Waals surface area contributed by atoms with Gasteiger partial charge in [0.1, 0.15) is 0 Å². The third-order valence-electron chi connectivity index (χ3n) is 2.89. The molecule has 17 heavy (non-hydrogen) atoms. The lowest BCUT2D eigenvalue weighted by atomic mass is 10.1. The van der Waals surface area contributed by atoms with Crippen LogP contribution < -0.4 is 4.90 Å². The van der Waals surface area contributed by atoms with Crippen molar-refractivity contribution < 1.29 is 4.74 Å². The number of morpholine rings is 1. The maximum Gasteiger partial charge on any atom is 0.0642 e. The Labute approximate surface area is 101 Å². The molecule has 1 aromatic rings. The molecule has 1 fully saturated rings. The van der Waals surface area contributed by atoms with E-state index in [1.54, 1.807) is 0 Å². The Balaban J connectivity index is 2.11. The zero-order chi connectivity index (χ0) is 11.9. The van der Waals surface area contributed by atoms with Crippen molar-refractivity contribution in [3.05, 3.63) is 40.3 Å². The molecule has 0 atom stereocenters. The van der Waals surface area contributed by atoms with Crippen LogP contribution in [0.15, 0.2) is 29.4 Å². The highest BCUT2D eigenvalue weighted by Gasteiger charge is 2.13. The van der Waals surface area contributed by atoms with E-state index < -0.39 is 0 Å². The number of azide groups is 1. The van der Waals surface area contributed by atoms with Crippen LogP contribution in [0.25, 0.3) is 10.4 Å². The van der Waals surface area contributed by atoms with Gasteiger partial charge in [0.15, 0.2) is 0 Å². The second-order valence-electron chi connectivity index (χ2n) is 3.93. The van der Waals surface area contributed by atoms with Gasteiger partial charge in [-0.25, -0.2) is 0 Å². The lowest BCUT2D eigenvalue weighted by Gasteiger charge is -2.30. The van der Waals surface area contributed by atoms with Gasteiger partial charge in [0.05, 0.1) is 13.2 Å². The van der Waals surface area contributed by atoms with E-state index in [-0.39, 0.29) is 0 Å². The van der Waals surface area contributed by atoms with Crippen molar-refractivity contribution in [3.63, 3.8) is 0 Å². The van der Waals surface area contributed by atoms with E-state index in [1.807, 2.05) is 12.1 Å². The molecule has 0 aromatic heterocycles. The summed E-state index contributed by atoms with van der Waals surface area (Å²) in [5, 5.41) is 3.59. The molecule has 0 unspecified atom stereocenters. The molecule has 0 saturated carbocycles. The van der Waals surface area contributed by atoms with Crippen LogP contribution in [0, 0.1) is 0 Å². The second-order valence-corrected chi connectivity index (χ2v) is 3.93. The highest BCUT2D eigenvalue weighted by Crippen LogP contribution is 2.21. The normalized spacial score (nSPS) is 15.4. The summed E-state index contributed by atoms with van der Waals surface area (Å²) in [4.78, 5) is 5.11. The molecule has 90 valence electrons. The van der Waals surface area contributed by atoms with Crippen LogP contribution in [0.4, 0.5) is 5.69 Å². The van der Waals surface area contributed by atoms with Gasteiger partial charge in [0.2, 0.25) is 0 Å². The molecular formula is C12H16N4O. The standard InChI is InChI=1S/C12H16N4O/c13-15-14-6-5-11-3-1-2-4-12(11)16-7-9-17-10-8-16/h1-4H,5-10H2. The minimum atomic E-state index is 0.512. The molecule has 0 aliphatic carbocycles. The maximum absolute atomic E-state index is 8.29. The fourth-order valence-electron chi connectivity index (χ4n) is 2.05. The minimum absolute atomic E-state index is 0.512. The summed E-state index contributed by atoms with van der Waals surface area (Å²) in [5.41, 5.74) is 10.8. The fraction of sp³-hybridized carbons (Fsp3) is 0.500. The topological polar surface area (TPSA) is 61.2 Å². The first kappa shape index (κ1) is 11.8. The maximum atomic E-state index is 8.29. The fourth-order valence-corrected chi connectivity index (χ4v) is 2.05. The Kier molecular flexibility index (Phi) is 4.24. The molecule has 0 N–H and O–H groups in total. The number of anilines is 1. The van der Waals surface area contributed by atoms with E-state index in [4.69, 9.17) is 10.3 Å². The van der Waals surface area contributed by atoms with Crippen molar-refractivity contribution in [2.75, 3.05) is 37.7 Å². The Morgan fingerprint density at radius 3 is 2.82 bits per heavy atom. The molecule has 1 heterocycles. The Morgan fingerprint density at radius 1 is 1.29 bits per heavy atom. The predicted molar refractivity (Wildman–Crippen MR) is 67.2 cm³/mol. The number of hydrogen-bond acceptors (Lipinski definition) is 3. The molecule has 1 aromatic carbocycles. The first-order valence-corrected chi connectivity index (χ1v) is 5.83. The molecule has 0 amide bonds. The highest BCUT2D eigenvalue weighted by molar-refractivity contribution is 5.54. The molecule has 0 radical (unpaired) electrons. The molecule has 1 aliphatic rings. The van der Waals surface area contributed by atoms with Gasteiger partial charge in [-0.05, 0) is 23.6 Å². The SMILES string of the molecule is [N-]=[N+]=NCCc1ccccc1N1CCOCC1. The molecule has 5 heteroatoms. The van der Waals surface area contributed by atoms with Crippen molar-refractivity contribution in [3.8, 4) is 0 Å². The lowest BCUT2D eigenvalue weighted by molar-refractivity contribution is 0.122. The Bertz CT molecular complexity index is 409. The summed E-state index contributed by atoms with van der Waals surface area (Å²) in [6.45, 7) is 3.93. The van der Waals surface area contributed by atoms with E-state index in [1.165, 1.54) is 11.3 Å². The van der Waals surface area contributed by atoms with E-state index in [9.17, 15) is 0 Å². The Morgan fingerprint density at radius 2 is 2.06 bits per heavy atom. The number of hydrogen-bond donors (Lipinski definition) is 0. The number of nitrogens with zero attached hydrogens (tertiary/aromatic N) is 4. The number of para-hydroxylation sites is 1. The summed E-state index contributed by atoms with van der Waals surface area (Å²) in [5.74, 6) is 0. The van der Waals surface area contributed by atoms with Gasteiger partial charge in [-0.15, -0.1) is 0 Å². The van der Waals surface area contributed by atoms with E-state index in [0.29, 0.717) is 6.54 Å². The van der Waals surface area contributed by atoms with Gasteiger partial charge < -0.3 is 9.64 Å². The van der Waals surface area contributed by atoms with Crippen LogP contribution in [-0.2, 0) is 11.2 Å². The summed E-state index contributed by atoms with van der Waals surface area (Å²) in [6.07, 6.45) is 0.789. The zero-order valence-electron chi connectivity index (χ0n) is 9.75. The minimum Gasteiger partial charge on any atom is -0.378 e. The lowest BCUT2D eigenvalue weighted by Crippen LogP contribution is -2.36. The van der Waals surface area contributed by atoms with Gasteiger partial charge in [-0.2, -0.15) is 0 Å². The predicted octanol–water partition coefficient (Wildman–Crippen LogP) is 2.38. The quantitative estimate of drug-likeness (QED) is 0.454. The summed E-state index contributed by atoms with van der Waals surface area (Å²) >= 11 is 0. The molecular weight excluding hydrogens is 216 g/mol. The van der Waals surface area contributed by atoms with Crippen LogP contribution in [-0.4, -0.2) is 32.8 Å². The molecule has 0 spiro atoms. The molecule has 2 rings (SSSR count). The number of benzene rings is 1. The summed E-state index contributed by atoms with van der Waals surface area (Å²) in [6, 6.07) is 8.28. The molecule has 5 nitrogen and oxygen atoms in total. The average molecular weight is 232 g/mol. The van der Waals surface area contributed by atoms with Gasteiger partial charge in [-0.3, -0.25) is 0 Å². The summed E-state index contributed by atoms with van der Waals surface area (Å²) < 4.78 is 5.35. The number of ether oxygens (including phenoxy) is 1. The van der Waals surface area contributed by atoms with E-state index >= 15 is 0 Å². The van der Waals surface area contributed by atoms with Crippen LogP contribution in [0.2, 0.25) is 0 Å². The van der Waals surface area contributed by atoms with Gasteiger partial charge in [0.25, 0.3) is 0 Å². The van der Waals surface area contributed by atoms with Crippen molar-refractivity contribution in [2.24, 2.45) is 5.11 Å². The van der Waals surface area contributed by atoms with Crippen molar-refractivity contribution >= 4 is 5.69 Å². The monoisotopic (exact) mass is 232 g/mol. The average Bonchev–Trinajstić information content (AvgIpc) is 2.41. The van der Waals surface area contributed by atoms with Crippen LogP contribution in [0.1, 0.15) is 5.56 Å². The van der Waals surface area contributed by atoms with Crippen LogP contribution in [0.5, 0.6) is 0 Å². The van der Waals surface area contributed by atoms with Crippen molar-refractivity contribution in [2.45, 2.75) is 6.42 Å². The Hall–Kier alpha value is -1.71. The van der Waals surface area contributed by atoms with Crippen LogP contribution in [0.3, 0.4) is 0 Å². The molecule has 1 aliphatic heterocycles. The van der Waals surface area contributed by atoms with Gasteiger partial charge in [-0.1, -0.05) is 23.3 Å². The van der Waals surface area contributed by atoms with Gasteiger partial charge in [0, 0.05) is 30.2 Å². The van der Waals surface area contributed by atoms with Crippen LogP contribution >= 0.6 is 0 Å². The third kappa shape index (κ3) is 3.12. The van der Waals surface area contributed by atoms with E-state index in [0.717, 1.165) is 32.7 Å². The molecule has 0 bridgehead atoms. The highest BCUT2D eigenvalue weighted by atomic mass is 16.5. The first-order chi connectivity index (χ1) is 8.42. The number of rotatable bonds is 4. The largest absolute Gasteiger partial charge is 0.378 e. The molecule has 1 saturated heterocycles. The third-order valence-corrected chi connectivity index (χ3v) is 2.89. The summed E-state index contributed by atoms with van der Waals surface area (Å²) in [7, 11) is 0. The van der Waals surface area contributed by atoms with Gasteiger partial charge >= 0.3 is 0 Å². The first-order valence-electron chi connectivity index (χ1n) is 5.83. The van der Waals surface area contributed by atoms with E-state index in [2.05, 4.69) is 27.1 Å². The zero-order valence-corrected chi connectivity index (χ0v) is 9.75. The second kappa shape index (κ2) is 6.13. The smallest absolute Gasteiger partial charge is 0.0642 e.